The van der Waals surface area contributed by atoms with Crippen LogP contribution < -0.4 is 14.8 Å². The molecule has 0 spiro atoms. The van der Waals surface area contributed by atoms with Crippen LogP contribution in [0.15, 0.2) is 60.8 Å². The number of carboxylic acid groups (broad SMARTS) is 1. The molecule has 0 radical (unpaired) electrons. The number of hydrogen-bond acceptors (Lipinski definition) is 7. The van der Waals surface area contributed by atoms with Gasteiger partial charge in [0.1, 0.15) is 6.04 Å². The van der Waals surface area contributed by atoms with E-state index in [4.69, 9.17) is 9.47 Å². The number of aromatic nitrogens is 3. The van der Waals surface area contributed by atoms with E-state index in [9.17, 15) is 19.5 Å². The molecule has 5 rings (SSSR count). The van der Waals surface area contributed by atoms with Gasteiger partial charge in [-0.05, 0) is 61.4 Å². The second-order valence-corrected chi connectivity index (χ2v) is 8.73. The summed E-state index contributed by atoms with van der Waals surface area (Å²) in [6.45, 7) is 0.404. The van der Waals surface area contributed by atoms with Crippen LogP contribution in [-0.4, -0.2) is 69.2 Å². The van der Waals surface area contributed by atoms with Crippen molar-refractivity contribution in [3.63, 3.8) is 0 Å². The number of carbonyl (C=O) groups excluding carboxylic acids is 2. The second-order valence-electron chi connectivity index (χ2n) is 8.73. The highest BCUT2D eigenvalue weighted by molar-refractivity contribution is 6.04. The van der Waals surface area contributed by atoms with Gasteiger partial charge in [-0.25, -0.2) is 14.3 Å². The van der Waals surface area contributed by atoms with E-state index in [1.54, 1.807) is 67.4 Å². The molecule has 1 aliphatic heterocycles. The molecule has 11 nitrogen and oxygen atoms in total. The van der Waals surface area contributed by atoms with Gasteiger partial charge in [0, 0.05) is 35.6 Å². The molecule has 2 amide bonds. The molecular formula is C27H25N5O6. The number of benzene rings is 2. The predicted octanol–water partition coefficient (Wildman–Crippen LogP) is 3.36. The molecule has 1 fully saturated rings. The fraction of sp³-hybridized carbons (Fsp3) is 0.222. The van der Waals surface area contributed by atoms with Crippen LogP contribution in [0.1, 0.15) is 33.7 Å². The highest BCUT2D eigenvalue weighted by atomic mass is 16.5. The van der Waals surface area contributed by atoms with Gasteiger partial charge in [-0.3, -0.25) is 9.59 Å². The summed E-state index contributed by atoms with van der Waals surface area (Å²) in [5, 5.41) is 16.6. The lowest BCUT2D eigenvalue weighted by atomic mass is 10.1. The maximum absolute atomic E-state index is 13.0. The molecule has 2 aromatic carbocycles. The van der Waals surface area contributed by atoms with Gasteiger partial charge in [0.15, 0.2) is 22.8 Å². The van der Waals surface area contributed by atoms with E-state index in [2.05, 4.69) is 15.4 Å². The number of carbonyl (C=O) groups is 3. The molecule has 2 N–H and O–H groups in total. The SMILES string of the molecule is COc1ccc(-c2ccnc3cc(C(=O)Nc4ccc(C(=O)N5CCC[C@H]5C(=O)O)cc4)nn23)cc1OC. The van der Waals surface area contributed by atoms with Crippen LogP contribution >= 0.6 is 0 Å². The first-order valence-corrected chi connectivity index (χ1v) is 11.9. The summed E-state index contributed by atoms with van der Waals surface area (Å²) < 4.78 is 12.3. The molecule has 38 heavy (non-hydrogen) atoms. The van der Waals surface area contributed by atoms with Crippen LogP contribution in [0.3, 0.4) is 0 Å². The number of nitrogens with one attached hydrogen (secondary N) is 1. The standard InChI is InChI=1S/C27H25N5O6/c1-37-22-10-7-17(14-23(22)38-2)20-11-12-28-24-15-19(30-32(20)24)25(33)29-18-8-5-16(6-9-18)26(34)31-13-3-4-21(31)27(35)36/h5-12,14-15,21H,3-4,13H2,1-2H3,(H,29,33)(H,35,36)/t21-/m0/s1. The molecule has 1 aliphatic rings. The first-order chi connectivity index (χ1) is 18.4. The van der Waals surface area contributed by atoms with Gasteiger partial charge < -0.3 is 24.8 Å². The number of methoxy groups -OCH3 is 2. The Hall–Kier alpha value is -4.93. The van der Waals surface area contributed by atoms with Crippen molar-refractivity contribution < 1.29 is 29.0 Å². The van der Waals surface area contributed by atoms with Gasteiger partial charge in [0.25, 0.3) is 11.8 Å². The highest BCUT2D eigenvalue weighted by Crippen LogP contribution is 2.32. The van der Waals surface area contributed by atoms with Crippen LogP contribution in [0.4, 0.5) is 5.69 Å². The zero-order valence-corrected chi connectivity index (χ0v) is 20.7. The minimum absolute atomic E-state index is 0.159. The summed E-state index contributed by atoms with van der Waals surface area (Å²) in [5.41, 5.74) is 2.97. The predicted molar refractivity (Wildman–Crippen MR) is 138 cm³/mol. The maximum Gasteiger partial charge on any atom is 0.326 e. The van der Waals surface area contributed by atoms with Gasteiger partial charge in [-0.2, -0.15) is 5.10 Å². The summed E-state index contributed by atoms with van der Waals surface area (Å²) >= 11 is 0. The molecule has 1 saturated heterocycles. The Morgan fingerprint density at radius 2 is 1.76 bits per heavy atom. The number of hydrogen-bond donors (Lipinski definition) is 2. The van der Waals surface area contributed by atoms with Crippen LogP contribution in [0.25, 0.3) is 16.9 Å². The molecule has 4 aromatic rings. The molecule has 3 heterocycles. The fourth-order valence-corrected chi connectivity index (χ4v) is 4.54. The van der Waals surface area contributed by atoms with E-state index in [1.807, 2.05) is 12.1 Å². The van der Waals surface area contributed by atoms with Crippen molar-refractivity contribution in [1.29, 1.82) is 0 Å². The number of aliphatic carboxylic acids is 1. The first kappa shape index (κ1) is 24.8. The van der Waals surface area contributed by atoms with Crippen LogP contribution in [0.2, 0.25) is 0 Å². The monoisotopic (exact) mass is 515 g/mol. The molecule has 0 aliphatic carbocycles. The van der Waals surface area contributed by atoms with E-state index in [1.165, 1.54) is 4.90 Å². The van der Waals surface area contributed by atoms with Gasteiger partial charge in [0.2, 0.25) is 0 Å². The topological polar surface area (TPSA) is 135 Å². The summed E-state index contributed by atoms with van der Waals surface area (Å²) in [6.07, 6.45) is 2.73. The molecule has 0 bridgehead atoms. The molecule has 0 unspecified atom stereocenters. The average Bonchev–Trinajstić information content (AvgIpc) is 3.60. The number of likely N-dealkylation sites (tertiary alicyclic amines) is 1. The lowest BCUT2D eigenvalue weighted by molar-refractivity contribution is -0.141. The number of rotatable bonds is 7. The molecule has 0 saturated carbocycles. The Morgan fingerprint density at radius 1 is 1.00 bits per heavy atom. The third-order valence-corrected chi connectivity index (χ3v) is 6.46. The number of anilines is 1. The minimum atomic E-state index is -1.00. The van der Waals surface area contributed by atoms with Gasteiger partial charge in [-0.1, -0.05) is 0 Å². The van der Waals surface area contributed by atoms with E-state index in [0.717, 1.165) is 5.56 Å². The largest absolute Gasteiger partial charge is 0.493 e. The van der Waals surface area contributed by atoms with Crippen LogP contribution in [-0.2, 0) is 4.79 Å². The Bertz CT molecular complexity index is 1530. The van der Waals surface area contributed by atoms with Crippen molar-refractivity contribution >= 4 is 29.1 Å². The van der Waals surface area contributed by atoms with Crippen LogP contribution in [0, 0.1) is 0 Å². The van der Waals surface area contributed by atoms with Crippen molar-refractivity contribution in [1.82, 2.24) is 19.5 Å². The molecule has 2 aromatic heterocycles. The number of carboxylic acids is 1. The van der Waals surface area contributed by atoms with Crippen molar-refractivity contribution in [2.75, 3.05) is 26.1 Å². The molecule has 11 heteroatoms. The molecular weight excluding hydrogens is 490 g/mol. The Morgan fingerprint density at radius 3 is 2.47 bits per heavy atom. The Kier molecular flexibility index (Phi) is 6.65. The van der Waals surface area contributed by atoms with E-state index in [0.29, 0.717) is 53.5 Å². The van der Waals surface area contributed by atoms with Crippen molar-refractivity contribution in [2.45, 2.75) is 18.9 Å². The quantitative estimate of drug-likeness (QED) is 0.383. The van der Waals surface area contributed by atoms with E-state index < -0.39 is 17.9 Å². The zero-order valence-electron chi connectivity index (χ0n) is 20.7. The smallest absolute Gasteiger partial charge is 0.326 e. The van der Waals surface area contributed by atoms with Crippen molar-refractivity contribution in [3.8, 4) is 22.8 Å². The normalized spacial score (nSPS) is 14.9. The molecule has 194 valence electrons. The van der Waals surface area contributed by atoms with E-state index in [-0.39, 0.29) is 11.6 Å². The average molecular weight is 516 g/mol. The summed E-state index contributed by atoms with van der Waals surface area (Å²) in [5.74, 6) is -0.640. The fourth-order valence-electron chi connectivity index (χ4n) is 4.54. The minimum Gasteiger partial charge on any atom is -0.493 e. The third kappa shape index (κ3) is 4.61. The maximum atomic E-state index is 13.0. The molecule has 1 atom stereocenters. The number of fused-ring (bicyclic) bond motifs is 1. The number of amides is 2. The van der Waals surface area contributed by atoms with Crippen molar-refractivity contribution in [2.24, 2.45) is 0 Å². The lowest BCUT2D eigenvalue weighted by Gasteiger charge is -2.21. The number of nitrogens with zero attached hydrogens (tertiary/aromatic N) is 4. The summed E-state index contributed by atoms with van der Waals surface area (Å²) in [7, 11) is 3.12. The van der Waals surface area contributed by atoms with Gasteiger partial charge in [-0.15, -0.1) is 0 Å². The third-order valence-electron chi connectivity index (χ3n) is 6.46. The van der Waals surface area contributed by atoms with Crippen molar-refractivity contribution in [3.05, 3.63) is 72.1 Å². The summed E-state index contributed by atoms with van der Waals surface area (Å²) in [4.78, 5) is 42.9. The van der Waals surface area contributed by atoms with E-state index >= 15 is 0 Å². The van der Waals surface area contributed by atoms with Crippen LogP contribution in [0.5, 0.6) is 11.5 Å². The lowest BCUT2D eigenvalue weighted by Crippen LogP contribution is -2.40. The Labute approximate surface area is 217 Å². The first-order valence-electron chi connectivity index (χ1n) is 11.9. The van der Waals surface area contributed by atoms with Gasteiger partial charge in [0.05, 0.1) is 19.9 Å². The number of ether oxygens (including phenoxy) is 2. The highest BCUT2D eigenvalue weighted by Gasteiger charge is 2.34. The van der Waals surface area contributed by atoms with Gasteiger partial charge >= 0.3 is 5.97 Å². The summed E-state index contributed by atoms with van der Waals surface area (Å²) in [6, 6.07) is 14.3. The zero-order chi connectivity index (χ0) is 26.8. The second kappa shape index (κ2) is 10.2. The Balaban J connectivity index is 1.35.